The van der Waals surface area contributed by atoms with Crippen molar-refractivity contribution in [2.45, 2.75) is 18.4 Å². The van der Waals surface area contributed by atoms with Gasteiger partial charge in [-0.25, -0.2) is 4.79 Å². The van der Waals surface area contributed by atoms with E-state index in [1.54, 1.807) is 11.9 Å². The number of nitrogens with zero attached hydrogens (tertiary/aromatic N) is 6. The second kappa shape index (κ2) is 6.46. The lowest BCUT2D eigenvalue weighted by Gasteiger charge is -2.39. The van der Waals surface area contributed by atoms with Gasteiger partial charge in [0.2, 0.25) is 5.95 Å². The summed E-state index contributed by atoms with van der Waals surface area (Å²) in [6, 6.07) is 2.02. The monoisotopic (exact) mass is 361 g/mol. The molecule has 3 fully saturated rings. The molecule has 1 amide bonds. The summed E-state index contributed by atoms with van der Waals surface area (Å²) in [7, 11) is 3.91. The fourth-order valence-corrected chi connectivity index (χ4v) is 4.10. The van der Waals surface area contributed by atoms with Gasteiger partial charge in [0.15, 0.2) is 0 Å². The number of nitrogens with two attached hydrogens (primary N) is 1. The van der Waals surface area contributed by atoms with Crippen LogP contribution in [-0.2, 0) is 4.74 Å². The Bertz CT molecular complexity index is 692. The topological polar surface area (TPSA) is 91.1 Å². The molecule has 4 rings (SSSR count). The summed E-state index contributed by atoms with van der Waals surface area (Å²) in [4.78, 5) is 29.1. The van der Waals surface area contributed by atoms with Crippen molar-refractivity contribution >= 4 is 23.7 Å². The van der Waals surface area contributed by atoms with Gasteiger partial charge in [-0.3, -0.25) is 0 Å². The van der Waals surface area contributed by atoms with E-state index in [0.717, 1.165) is 57.2 Å². The van der Waals surface area contributed by atoms with Gasteiger partial charge < -0.3 is 30.1 Å². The molecule has 142 valence electrons. The molecular formula is C17H27N7O2. The van der Waals surface area contributed by atoms with Crippen LogP contribution in [-0.4, -0.2) is 91.4 Å². The first-order valence-corrected chi connectivity index (χ1v) is 9.21. The van der Waals surface area contributed by atoms with E-state index in [0.29, 0.717) is 13.1 Å². The van der Waals surface area contributed by atoms with Gasteiger partial charge in [-0.1, -0.05) is 0 Å². The predicted molar refractivity (Wildman–Crippen MR) is 99.4 cm³/mol. The number of anilines is 3. The fraction of sp³-hybridized carbons (Fsp3) is 0.706. The smallest absolute Gasteiger partial charge is 0.410 e. The molecule has 4 heterocycles. The summed E-state index contributed by atoms with van der Waals surface area (Å²) < 4.78 is 5.70. The highest BCUT2D eigenvalue weighted by Crippen LogP contribution is 2.34. The second-order valence-corrected chi connectivity index (χ2v) is 7.67. The van der Waals surface area contributed by atoms with Crippen molar-refractivity contribution in [3.8, 4) is 0 Å². The Labute approximate surface area is 153 Å². The standard InChI is InChI=1S/C17H27N7O2/c1-21-6-8-23(9-7-21)13-10-14(20-15(18)19-13)24-5-3-4-17(12-24)11-22(2)16(25)26-17/h10H,3-9,11-12H2,1-2H3,(H2,18,19,20). The zero-order valence-corrected chi connectivity index (χ0v) is 15.5. The van der Waals surface area contributed by atoms with Crippen molar-refractivity contribution in [1.29, 1.82) is 0 Å². The molecule has 26 heavy (non-hydrogen) atoms. The molecule has 0 saturated carbocycles. The molecule has 1 atom stereocenters. The van der Waals surface area contributed by atoms with Gasteiger partial charge in [0.1, 0.15) is 17.2 Å². The number of carbonyl (C=O) groups is 1. The number of carbonyl (C=O) groups excluding carboxylic acids is 1. The van der Waals surface area contributed by atoms with Crippen LogP contribution in [0.4, 0.5) is 22.4 Å². The molecule has 0 aromatic carbocycles. The minimum Gasteiger partial charge on any atom is -0.439 e. The molecule has 3 aliphatic rings. The summed E-state index contributed by atoms with van der Waals surface area (Å²) in [5, 5.41) is 0. The zero-order valence-electron chi connectivity index (χ0n) is 15.5. The van der Waals surface area contributed by atoms with Crippen LogP contribution in [0.3, 0.4) is 0 Å². The zero-order chi connectivity index (χ0) is 18.3. The Morgan fingerprint density at radius 3 is 2.38 bits per heavy atom. The first-order chi connectivity index (χ1) is 12.4. The Morgan fingerprint density at radius 2 is 1.73 bits per heavy atom. The number of rotatable bonds is 2. The first-order valence-electron chi connectivity index (χ1n) is 9.21. The third-order valence-corrected chi connectivity index (χ3v) is 5.55. The minimum absolute atomic E-state index is 0.243. The third-order valence-electron chi connectivity index (χ3n) is 5.55. The average Bonchev–Trinajstić information content (AvgIpc) is 2.88. The molecule has 9 heteroatoms. The van der Waals surface area contributed by atoms with Gasteiger partial charge >= 0.3 is 6.09 Å². The van der Waals surface area contributed by atoms with Crippen LogP contribution in [0.2, 0.25) is 0 Å². The Morgan fingerprint density at radius 1 is 1.04 bits per heavy atom. The van der Waals surface area contributed by atoms with E-state index in [2.05, 4.69) is 31.7 Å². The molecule has 1 spiro atoms. The number of piperidine rings is 1. The molecule has 3 aliphatic heterocycles. The van der Waals surface area contributed by atoms with Crippen LogP contribution < -0.4 is 15.5 Å². The molecule has 1 aromatic rings. The number of piperazine rings is 1. The lowest BCUT2D eigenvalue weighted by atomic mass is 9.93. The number of aromatic nitrogens is 2. The van der Waals surface area contributed by atoms with Crippen molar-refractivity contribution in [3.05, 3.63) is 6.07 Å². The van der Waals surface area contributed by atoms with E-state index in [1.807, 2.05) is 6.07 Å². The predicted octanol–water partition coefficient (Wildman–Crippen LogP) is 0.232. The molecule has 1 unspecified atom stereocenters. The van der Waals surface area contributed by atoms with Crippen LogP contribution >= 0.6 is 0 Å². The Hall–Kier alpha value is -2.29. The molecular weight excluding hydrogens is 334 g/mol. The number of amides is 1. The van der Waals surface area contributed by atoms with E-state index < -0.39 is 5.60 Å². The van der Waals surface area contributed by atoms with Crippen LogP contribution in [0.5, 0.6) is 0 Å². The summed E-state index contributed by atoms with van der Waals surface area (Å²) in [6.07, 6.45) is 1.59. The van der Waals surface area contributed by atoms with Crippen molar-refractivity contribution in [2.75, 3.05) is 75.4 Å². The number of hydrogen-bond acceptors (Lipinski definition) is 8. The van der Waals surface area contributed by atoms with Crippen LogP contribution in [0.15, 0.2) is 6.07 Å². The summed E-state index contributed by atoms with van der Waals surface area (Å²) >= 11 is 0. The molecule has 0 radical (unpaired) electrons. The quantitative estimate of drug-likeness (QED) is 0.801. The number of ether oxygens (including phenoxy) is 1. The second-order valence-electron chi connectivity index (χ2n) is 7.67. The van der Waals surface area contributed by atoms with E-state index in [-0.39, 0.29) is 12.0 Å². The Kier molecular flexibility index (Phi) is 4.26. The van der Waals surface area contributed by atoms with Crippen molar-refractivity contribution in [1.82, 2.24) is 19.8 Å². The van der Waals surface area contributed by atoms with Gasteiger partial charge in [0.25, 0.3) is 0 Å². The van der Waals surface area contributed by atoms with Gasteiger partial charge in [-0.05, 0) is 19.9 Å². The van der Waals surface area contributed by atoms with Crippen molar-refractivity contribution in [3.63, 3.8) is 0 Å². The van der Waals surface area contributed by atoms with E-state index in [4.69, 9.17) is 10.5 Å². The molecule has 3 saturated heterocycles. The largest absolute Gasteiger partial charge is 0.439 e. The van der Waals surface area contributed by atoms with Crippen LogP contribution in [0.1, 0.15) is 12.8 Å². The SMILES string of the molecule is CN1CCN(c2cc(N3CCCC4(CN(C)C(=O)O4)C3)nc(N)n2)CC1. The summed E-state index contributed by atoms with van der Waals surface area (Å²) in [5.41, 5.74) is 5.56. The van der Waals surface area contributed by atoms with Gasteiger partial charge in [0, 0.05) is 45.8 Å². The third kappa shape index (κ3) is 3.23. The average molecular weight is 361 g/mol. The van der Waals surface area contributed by atoms with Crippen molar-refractivity contribution in [2.24, 2.45) is 0 Å². The number of hydrogen-bond donors (Lipinski definition) is 1. The normalized spacial score (nSPS) is 27.3. The first kappa shape index (κ1) is 17.1. The molecule has 9 nitrogen and oxygen atoms in total. The van der Waals surface area contributed by atoms with Crippen LogP contribution in [0.25, 0.3) is 0 Å². The lowest BCUT2D eigenvalue weighted by Crippen LogP contribution is -2.51. The minimum atomic E-state index is -0.447. The lowest BCUT2D eigenvalue weighted by molar-refractivity contribution is 0.0445. The molecule has 0 aliphatic carbocycles. The highest BCUT2D eigenvalue weighted by Gasteiger charge is 2.46. The molecule has 2 N–H and O–H groups in total. The number of nitrogen functional groups attached to an aromatic ring is 1. The molecule has 1 aromatic heterocycles. The van der Waals surface area contributed by atoms with Gasteiger partial charge in [-0.15, -0.1) is 0 Å². The Balaban J connectivity index is 1.54. The fourth-order valence-electron chi connectivity index (χ4n) is 4.10. The molecule has 0 bridgehead atoms. The maximum Gasteiger partial charge on any atom is 0.410 e. The highest BCUT2D eigenvalue weighted by atomic mass is 16.6. The van der Waals surface area contributed by atoms with Crippen molar-refractivity contribution < 1.29 is 9.53 Å². The maximum atomic E-state index is 11.9. The maximum absolute atomic E-state index is 11.9. The highest BCUT2D eigenvalue weighted by molar-refractivity contribution is 5.70. The van der Waals surface area contributed by atoms with E-state index in [9.17, 15) is 4.79 Å². The van der Waals surface area contributed by atoms with Crippen LogP contribution in [0, 0.1) is 0 Å². The van der Waals surface area contributed by atoms with E-state index in [1.165, 1.54) is 0 Å². The van der Waals surface area contributed by atoms with Gasteiger partial charge in [-0.2, -0.15) is 9.97 Å². The van der Waals surface area contributed by atoms with Gasteiger partial charge in [0.05, 0.1) is 13.1 Å². The summed E-state index contributed by atoms with van der Waals surface area (Å²) in [6.45, 7) is 6.01. The van der Waals surface area contributed by atoms with E-state index >= 15 is 0 Å². The number of likely N-dealkylation sites (N-methyl/N-ethyl adjacent to an activating group) is 2. The summed E-state index contributed by atoms with van der Waals surface area (Å²) in [5.74, 6) is 1.98.